The van der Waals surface area contributed by atoms with Crippen LogP contribution in [0.2, 0.25) is 0 Å². The number of rotatable bonds is 4. The van der Waals surface area contributed by atoms with Gasteiger partial charge in [0, 0.05) is 18.2 Å². The Hall–Kier alpha value is -1.67. The molecular formula is C18H22FN. The van der Waals surface area contributed by atoms with E-state index in [4.69, 9.17) is 0 Å². The molecule has 2 aromatic carbocycles. The minimum atomic E-state index is -0.160. The predicted molar refractivity (Wildman–Crippen MR) is 83.3 cm³/mol. The fourth-order valence-corrected chi connectivity index (χ4v) is 2.31. The van der Waals surface area contributed by atoms with Crippen LogP contribution in [0.5, 0.6) is 0 Å². The van der Waals surface area contributed by atoms with Gasteiger partial charge in [-0.2, -0.15) is 0 Å². The Morgan fingerprint density at radius 2 is 1.75 bits per heavy atom. The summed E-state index contributed by atoms with van der Waals surface area (Å²) in [5.41, 5.74) is 5.07. The number of aryl methyl sites for hydroxylation is 2. The number of hydrogen-bond acceptors (Lipinski definition) is 1. The highest BCUT2D eigenvalue weighted by Gasteiger charge is 2.08. The van der Waals surface area contributed by atoms with Gasteiger partial charge in [-0.3, -0.25) is 0 Å². The van der Waals surface area contributed by atoms with Crippen LogP contribution >= 0.6 is 0 Å². The lowest BCUT2D eigenvalue weighted by atomic mass is 9.96. The minimum absolute atomic E-state index is 0.160. The monoisotopic (exact) mass is 271 g/mol. The van der Waals surface area contributed by atoms with E-state index in [1.165, 1.54) is 5.56 Å². The van der Waals surface area contributed by atoms with Crippen LogP contribution in [-0.2, 0) is 6.54 Å². The molecule has 1 N–H and O–H groups in total. The van der Waals surface area contributed by atoms with Gasteiger partial charge in [0.2, 0.25) is 0 Å². The van der Waals surface area contributed by atoms with Gasteiger partial charge in [0.05, 0.1) is 0 Å². The molecule has 0 aliphatic carbocycles. The van der Waals surface area contributed by atoms with Crippen molar-refractivity contribution in [1.82, 2.24) is 5.32 Å². The third-order valence-corrected chi connectivity index (χ3v) is 3.42. The van der Waals surface area contributed by atoms with Crippen molar-refractivity contribution >= 4 is 0 Å². The zero-order valence-corrected chi connectivity index (χ0v) is 12.6. The molecule has 0 saturated carbocycles. The highest BCUT2D eigenvalue weighted by Crippen LogP contribution is 2.27. The van der Waals surface area contributed by atoms with Crippen molar-refractivity contribution in [2.45, 2.75) is 40.3 Å². The van der Waals surface area contributed by atoms with Crippen LogP contribution in [0.25, 0.3) is 11.1 Å². The quantitative estimate of drug-likeness (QED) is 0.856. The molecule has 0 spiro atoms. The van der Waals surface area contributed by atoms with Crippen molar-refractivity contribution in [2.24, 2.45) is 0 Å². The Bertz CT molecular complexity index is 602. The van der Waals surface area contributed by atoms with E-state index in [0.717, 1.165) is 23.2 Å². The van der Waals surface area contributed by atoms with Crippen molar-refractivity contribution in [2.75, 3.05) is 0 Å². The molecule has 20 heavy (non-hydrogen) atoms. The fraction of sp³-hybridized carbons (Fsp3) is 0.333. The van der Waals surface area contributed by atoms with Crippen molar-refractivity contribution in [3.05, 3.63) is 58.9 Å². The molecule has 0 aliphatic heterocycles. The first-order valence-electron chi connectivity index (χ1n) is 7.07. The maximum absolute atomic E-state index is 14.0. The maximum Gasteiger partial charge on any atom is 0.131 e. The molecule has 0 aliphatic rings. The average Bonchev–Trinajstić information content (AvgIpc) is 2.39. The Kier molecular flexibility index (Phi) is 4.56. The lowest BCUT2D eigenvalue weighted by molar-refractivity contribution is 0.588. The predicted octanol–water partition coefficient (Wildman–Crippen LogP) is 4.61. The molecule has 2 aromatic rings. The van der Waals surface area contributed by atoms with E-state index in [1.54, 1.807) is 12.1 Å². The first-order valence-corrected chi connectivity index (χ1v) is 7.07. The lowest BCUT2D eigenvalue weighted by Crippen LogP contribution is -2.21. The second-order valence-electron chi connectivity index (χ2n) is 5.67. The van der Waals surface area contributed by atoms with Gasteiger partial charge in [0.1, 0.15) is 5.82 Å². The number of halogens is 1. The minimum Gasteiger partial charge on any atom is -0.310 e. The standard InChI is InChI=1S/C18H22FN/c1-12(2)20-11-15-6-7-16(14(4)10-15)17-9-13(3)5-8-18(17)19/h5-10,12,20H,11H2,1-4H3. The van der Waals surface area contributed by atoms with Crippen molar-refractivity contribution in [3.8, 4) is 11.1 Å². The molecule has 0 fully saturated rings. The Balaban J connectivity index is 2.32. The number of nitrogens with one attached hydrogen (secondary N) is 1. The van der Waals surface area contributed by atoms with Crippen LogP contribution in [0.1, 0.15) is 30.5 Å². The van der Waals surface area contributed by atoms with Crippen LogP contribution in [0.4, 0.5) is 4.39 Å². The first kappa shape index (κ1) is 14.7. The van der Waals surface area contributed by atoms with E-state index in [9.17, 15) is 4.39 Å². The summed E-state index contributed by atoms with van der Waals surface area (Å²) in [6.45, 7) is 9.12. The van der Waals surface area contributed by atoms with Gasteiger partial charge >= 0.3 is 0 Å². The van der Waals surface area contributed by atoms with Crippen LogP contribution in [-0.4, -0.2) is 6.04 Å². The molecule has 0 heterocycles. The van der Waals surface area contributed by atoms with Crippen LogP contribution in [0, 0.1) is 19.7 Å². The van der Waals surface area contributed by atoms with E-state index in [0.29, 0.717) is 11.6 Å². The molecule has 0 bridgehead atoms. The molecule has 0 amide bonds. The summed E-state index contributed by atoms with van der Waals surface area (Å²) in [5.74, 6) is -0.160. The van der Waals surface area contributed by atoms with Gasteiger partial charge in [0.15, 0.2) is 0 Å². The molecule has 0 unspecified atom stereocenters. The third-order valence-electron chi connectivity index (χ3n) is 3.42. The van der Waals surface area contributed by atoms with Crippen molar-refractivity contribution < 1.29 is 4.39 Å². The zero-order valence-electron chi connectivity index (χ0n) is 12.6. The summed E-state index contributed by atoms with van der Waals surface area (Å²) in [4.78, 5) is 0. The number of hydrogen-bond donors (Lipinski definition) is 1. The zero-order chi connectivity index (χ0) is 14.7. The van der Waals surface area contributed by atoms with Crippen LogP contribution in [0.15, 0.2) is 36.4 Å². The van der Waals surface area contributed by atoms with Gasteiger partial charge < -0.3 is 5.32 Å². The lowest BCUT2D eigenvalue weighted by Gasteiger charge is -2.12. The largest absolute Gasteiger partial charge is 0.310 e. The van der Waals surface area contributed by atoms with Crippen molar-refractivity contribution in [3.63, 3.8) is 0 Å². The van der Waals surface area contributed by atoms with E-state index < -0.39 is 0 Å². The molecule has 2 heteroatoms. The average molecular weight is 271 g/mol. The summed E-state index contributed by atoms with van der Waals surface area (Å²) in [7, 11) is 0. The Morgan fingerprint density at radius 1 is 1.00 bits per heavy atom. The molecular weight excluding hydrogens is 249 g/mol. The summed E-state index contributed by atoms with van der Waals surface area (Å²) in [5, 5.41) is 3.39. The molecule has 1 nitrogen and oxygen atoms in total. The van der Waals surface area contributed by atoms with E-state index in [1.807, 2.05) is 26.0 Å². The summed E-state index contributed by atoms with van der Waals surface area (Å²) in [6, 6.07) is 11.9. The van der Waals surface area contributed by atoms with E-state index >= 15 is 0 Å². The number of benzene rings is 2. The molecule has 0 aromatic heterocycles. The fourth-order valence-electron chi connectivity index (χ4n) is 2.31. The van der Waals surface area contributed by atoms with E-state index in [2.05, 4.69) is 31.3 Å². The molecule has 0 atom stereocenters. The summed E-state index contributed by atoms with van der Waals surface area (Å²) >= 11 is 0. The first-order chi connectivity index (χ1) is 9.47. The van der Waals surface area contributed by atoms with Gasteiger partial charge in [-0.15, -0.1) is 0 Å². The molecule has 0 radical (unpaired) electrons. The molecule has 2 rings (SSSR count). The maximum atomic E-state index is 14.0. The van der Waals surface area contributed by atoms with Gasteiger partial charge in [-0.05, 0) is 42.7 Å². The highest BCUT2D eigenvalue weighted by atomic mass is 19.1. The normalized spacial score (nSPS) is 11.1. The smallest absolute Gasteiger partial charge is 0.131 e. The summed E-state index contributed by atoms with van der Waals surface area (Å²) in [6.07, 6.45) is 0. The topological polar surface area (TPSA) is 12.0 Å². The van der Waals surface area contributed by atoms with Gasteiger partial charge in [0.25, 0.3) is 0 Å². The Labute approximate surface area is 120 Å². The third kappa shape index (κ3) is 3.45. The summed E-state index contributed by atoms with van der Waals surface area (Å²) < 4.78 is 14.0. The second kappa shape index (κ2) is 6.19. The highest BCUT2D eigenvalue weighted by molar-refractivity contribution is 5.68. The van der Waals surface area contributed by atoms with Crippen LogP contribution < -0.4 is 5.32 Å². The van der Waals surface area contributed by atoms with Gasteiger partial charge in [-0.25, -0.2) is 4.39 Å². The van der Waals surface area contributed by atoms with E-state index in [-0.39, 0.29) is 5.82 Å². The van der Waals surface area contributed by atoms with Crippen LogP contribution in [0.3, 0.4) is 0 Å². The molecule has 0 saturated heterocycles. The SMILES string of the molecule is Cc1ccc(F)c(-c2ccc(CNC(C)C)cc2C)c1. The second-order valence-corrected chi connectivity index (χ2v) is 5.67. The Morgan fingerprint density at radius 3 is 2.40 bits per heavy atom. The van der Waals surface area contributed by atoms with Crippen molar-refractivity contribution in [1.29, 1.82) is 0 Å². The van der Waals surface area contributed by atoms with Gasteiger partial charge in [-0.1, -0.05) is 43.7 Å². The molecule has 106 valence electrons.